The SMILES string of the molecule is CCCCCCCCCCCCCCCCSC[C@H](N)C=O. The number of nitrogens with two attached hydrogens (primary N) is 1. The van der Waals surface area contributed by atoms with Crippen molar-refractivity contribution in [2.75, 3.05) is 11.5 Å². The van der Waals surface area contributed by atoms with Crippen LogP contribution in [0, 0.1) is 0 Å². The molecule has 0 radical (unpaired) electrons. The molecule has 0 aliphatic rings. The van der Waals surface area contributed by atoms with Gasteiger partial charge in [-0.2, -0.15) is 11.8 Å². The molecular formula is C19H39NOS. The molecule has 0 amide bonds. The molecule has 0 saturated heterocycles. The summed E-state index contributed by atoms with van der Waals surface area (Å²) in [5, 5.41) is 0. The number of hydrogen-bond acceptors (Lipinski definition) is 3. The Bertz CT molecular complexity index is 223. The molecule has 0 heterocycles. The second-order valence-corrected chi connectivity index (χ2v) is 7.62. The van der Waals surface area contributed by atoms with Crippen LogP contribution in [0.5, 0.6) is 0 Å². The maximum atomic E-state index is 10.4. The zero-order valence-corrected chi connectivity index (χ0v) is 15.7. The number of aldehydes is 1. The number of rotatable bonds is 18. The number of carbonyl (C=O) groups is 1. The van der Waals surface area contributed by atoms with Crippen LogP contribution in [0.25, 0.3) is 0 Å². The van der Waals surface area contributed by atoms with E-state index in [1.54, 1.807) is 0 Å². The zero-order chi connectivity index (χ0) is 16.3. The highest BCUT2D eigenvalue weighted by molar-refractivity contribution is 7.99. The Morgan fingerprint density at radius 2 is 1.18 bits per heavy atom. The molecule has 0 aliphatic carbocycles. The van der Waals surface area contributed by atoms with Crippen molar-refractivity contribution in [1.29, 1.82) is 0 Å². The molecule has 0 aromatic carbocycles. The van der Waals surface area contributed by atoms with Crippen LogP contribution in [0.3, 0.4) is 0 Å². The van der Waals surface area contributed by atoms with Crippen LogP contribution >= 0.6 is 11.8 Å². The minimum atomic E-state index is -0.267. The molecule has 0 bridgehead atoms. The third-order valence-electron chi connectivity index (χ3n) is 4.13. The van der Waals surface area contributed by atoms with E-state index < -0.39 is 0 Å². The molecule has 2 N–H and O–H groups in total. The molecular weight excluding hydrogens is 290 g/mol. The van der Waals surface area contributed by atoms with Crippen LogP contribution in [0.1, 0.15) is 96.8 Å². The third kappa shape index (κ3) is 18.0. The Hall–Kier alpha value is -0.0200. The van der Waals surface area contributed by atoms with Gasteiger partial charge in [0.05, 0.1) is 6.04 Å². The maximum absolute atomic E-state index is 10.4. The van der Waals surface area contributed by atoms with Crippen LogP contribution in [0.2, 0.25) is 0 Å². The largest absolute Gasteiger partial charge is 0.321 e. The number of thioether (sulfide) groups is 1. The van der Waals surface area contributed by atoms with E-state index in [1.165, 1.54) is 89.9 Å². The monoisotopic (exact) mass is 329 g/mol. The second-order valence-electron chi connectivity index (χ2n) is 6.47. The average Bonchev–Trinajstić information content (AvgIpc) is 2.54. The standard InChI is InChI=1S/C19H39NOS/c1-2-3-4-5-6-7-8-9-10-11-12-13-14-15-16-22-18-19(20)17-21/h17,19H,2-16,18,20H2,1H3/t19-/m1/s1. The highest BCUT2D eigenvalue weighted by Gasteiger charge is 1.99. The first-order valence-corrected chi connectivity index (χ1v) is 10.7. The first-order valence-electron chi connectivity index (χ1n) is 9.60. The predicted octanol–water partition coefficient (Wildman–Crippen LogP) is 5.73. The van der Waals surface area contributed by atoms with E-state index in [1.807, 2.05) is 11.8 Å². The number of carbonyl (C=O) groups excluding carboxylic acids is 1. The molecule has 1 atom stereocenters. The Morgan fingerprint density at radius 1 is 0.773 bits per heavy atom. The summed E-state index contributed by atoms with van der Waals surface area (Å²) in [4.78, 5) is 10.4. The lowest BCUT2D eigenvalue weighted by Gasteiger charge is -2.04. The lowest BCUT2D eigenvalue weighted by molar-refractivity contribution is -0.108. The van der Waals surface area contributed by atoms with Gasteiger partial charge < -0.3 is 10.5 Å². The fourth-order valence-corrected chi connectivity index (χ4v) is 3.58. The highest BCUT2D eigenvalue weighted by atomic mass is 32.2. The van der Waals surface area contributed by atoms with Gasteiger partial charge in [-0.25, -0.2) is 0 Å². The van der Waals surface area contributed by atoms with Gasteiger partial charge in [0.25, 0.3) is 0 Å². The summed E-state index contributed by atoms with van der Waals surface area (Å²) >= 11 is 1.81. The molecule has 0 aliphatic heterocycles. The maximum Gasteiger partial charge on any atom is 0.137 e. The smallest absolute Gasteiger partial charge is 0.137 e. The van der Waals surface area contributed by atoms with Gasteiger partial charge in [0.1, 0.15) is 6.29 Å². The van der Waals surface area contributed by atoms with Crippen LogP contribution in [0.15, 0.2) is 0 Å². The molecule has 0 spiro atoms. The van der Waals surface area contributed by atoms with Crippen molar-refractivity contribution >= 4 is 18.0 Å². The predicted molar refractivity (Wildman–Crippen MR) is 102 cm³/mol. The number of hydrogen-bond donors (Lipinski definition) is 1. The van der Waals surface area contributed by atoms with E-state index in [9.17, 15) is 4.79 Å². The first kappa shape index (κ1) is 22.0. The van der Waals surface area contributed by atoms with Gasteiger partial charge >= 0.3 is 0 Å². The lowest BCUT2D eigenvalue weighted by Crippen LogP contribution is -2.24. The molecule has 0 aromatic rings. The molecule has 0 fully saturated rings. The van der Waals surface area contributed by atoms with Crippen molar-refractivity contribution in [3.05, 3.63) is 0 Å². The molecule has 2 nitrogen and oxygen atoms in total. The van der Waals surface area contributed by atoms with E-state index in [-0.39, 0.29) is 6.04 Å². The van der Waals surface area contributed by atoms with Crippen LogP contribution in [-0.4, -0.2) is 23.8 Å². The van der Waals surface area contributed by atoms with Gasteiger partial charge in [0, 0.05) is 5.75 Å². The van der Waals surface area contributed by atoms with Crippen molar-refractivity contribution < 1.29 is 4.79 Å². The van der Waals surface area contributed by atoms with Crippen molar-refractivity contribution in [3.63, 3.8) is 0 Å². The fraction of sp³-hybridized carbons (Fsp3) is 0.947. The van der Waals surface area contributed by atoms with Gasteiger partial charge in [-0.1, -0.05) is 90.4 Å². The Labute approximate surface area is 143 Å². The van der Waals surface area contributed by atoms with E-state index in [0.29, 0.717) is 0 Å². The fourth-order valence-electron chi connectivity index (χ4n) is 2.66. The zero-order valence-electron chi connectivity index (χ0n) is 14.9. The molecule has 3 heteroatoms. The molecule has 0 saturated carbocycles. The van der Waals surface area contributed by atoms with Crippen LogP contribution < -0.4 is 5.73 Å². The Morgan fingerprint density at radius 3 is 1.59 bits per heavy atom. The van der Waals surface area contributed by atoms with Crippen LogP contribution in [0.4, 0.5) is 0 Å². The summed E-state index contributed by atoms with van der Waals surface area (Å²) in [6.07, 6.45) is 20.5. The van der Waals surface area contributed by atoms with Crippen molar-refractivity contribution in [1.82, 2.24) is 0 Å². The van der Waals surface area contributed by atoms with Crippen LogP contribution in [-0.2, 0) is 4.79 Å². The summed E-state index contributed by atoms with van der Waals surface area (Å²) in [5.74, 6) is 1.93. The summed E-state index contributed by atoms with van der Waals surface area (Å²) in [6.45, 7) is 2.28. The summed E-state index contributed by atoms with van der Waals surface area (Å²) < 4.78 is 0. The van der Waals surface area contributed by atoms with Crippen molar-refractivity contribution in [3.8, 4) is 0 Å². The van der Waals surface area contributed by atoms with Gasteiger partial charge in [-0.05, 0) is 12.2 Å². The third-order valence-corrected chi connectivity index (χ3v) is 5.33. The molecule has 0 unspecified atom stereocenters. The van der Waals surface area contributed by atoms with E-state index >= 15 is 0 Å². The topological polar surface area (TPSA) is 43.1 Å². The lowest BCUT2D eigenvalue weighted by atomic mass is 10.0. The van der Waals surface area contributed by atoms with Crippen molar-refractivity contribution in [2.24, 2.45) is 5.73 Å². The second kappa shape index (κ2) is 19.0. The van der Waals surface area contributed by atoms with Gasteiger partial charge in [-0.15, -0.1) is 0 Å². The van der Waals surface area contributed by atoms with Gasteiger partial charge in [0.2, 0.25) is 0 Å². The molecule has 22 heavy (non-hydrogen) atoms. The number of unbranched alkanes of at least 4 members (excludes halogenated alkanes) is 13. The first-order chi connectivity index (χ1) is 10.8. The molecule has 0 rings (SSSR count). The Balaban J connectivity index is 2.98. The summed E-state index contributed by atoms with van der Waals surface area (Å²) in [5.41, 5.74) is 5.54. The Kier molecular flexibility index (Phi) is 19.0. The van der Waals surface area contributed by atoms with Gasteiger partial charge in [0.15, 0.2) is 0 Å². The quantitative estimate of drug-likeness (QED) is 0.258. The molecule has 0 aromatic heterocycles. The minimum absolute atomic E-state index is 0.267. The summed E-state index contributed by atoms with van der Waals surface area (Å²) in [7, 11) is 0. The van der Waals surface area contributed by atoms with E-state index in [0.717, 1.165) is 17.8 Å². The van der Waals surface area contributed by atoms with Crippen molar-refractivity contribution in [2.45, 2.75) is 103 Å². The average molecular weight is 330 g/mol. The molecule has 132 valence electrons. The minimum Gasteiger partial charge on any atom is -0.321 e. The normalized spacial score (nSPS) is 12.5. The van der Waals surface area contributed by atoms with Gasteiger partial charge in [-0.3, -0.25) is 0 Å². The summed E-state index contributed by atoms with van der Waals surface area (Å²) in [6, 6.07) is -0.267. The highest BCUT2D eigenvalue weighted by Crippen LogP contribution is 2.13. The van der Waals surface area contributed by atoms with E-state index in [4.69, 9.17) is 5.73 Å². The van der Waals surface area contributed by atoms with E-state index in [2.05, 4.69) is 6.92 Å².